The number of non-ortho nitro benzene ring substituents is 1. The van der Waals surface area contributed by atoms with Crippen LogP contribution in [0.4, 0.5) is 5.69 Å². The Hall–Kier alpha value is -1.42. The molecule has 1 saturated carbocycles. The minimum atomic E-state index is -0.331. The Kier molecular flexibility index (Phi) is 5.74. The van der Waals surface area contributed by atoms with Crippen LogP contribution in [0, 0.1) is 22.0 Å². The maximum absolute atomic E-state index is 10.8. The number of nitrogens with one attached hydrogen (secondary N) is 1. The molecule has 1 unspecified atom stereocenters. The van der Waals surface area contributed by atoms with Crippen LogP contribution in [0.25, 0.3) is 0 Å². The van der Waals surface area contributed by atoms with Crippen molar-refractivity contribution in [1.29, 1.82) is 0 Å². The monoisotopic (exact) mass is 290 g/mol. The summed E-state index contributed by atoms with van der Waals surface area (Å²) in [5, 5.41) is 14.4. The lowest BCUT2D eigenvalue weighted by atomic mass is 9.81. The third kappa shape index (κ3) is 4.53. The van der Waals surface area contributed by atoms with Crippen molar-refractivity contribution in [2.75, 3.05) is 6.54 Å². The smallest absolute Gasteiger partial charge is 0.269 e. The van der Waals surface area contributed by atoms with Gasteiger partial charge in [0.15, 0.2) is 0 Å². The lowest BCUT2D eigenvalue weighted by Crippen LogP contribution is -2.28. The van der Waals surface area contributed by atoms with Gasteiger partial charge in [-0.15, -0.1) is 0 Å². The predicted molar refractivity (Wildman–Crippen MR) is 85.3 cm³/mol. The van der Waals surface area contributed by atoms with E-state index >= 15 is 0 Å². The Morgan fingerprint density at radius 1 is 1.29 bits per heavy atom. The summed E-state index contributed by atoms with van der Waals surface area (Å²) in [4.78, 5) is 10.5. The van der Waals surface area contributed by atoms with Gasteiger partial charge in [0.1, 0.15) is 0 Å². The van der Waals surface area contributed by atoms with Crippen molar-refractivity contribution in [3.05, 3.63) is 39.9 Å². The van der Waals surface area contributed by atoms with Gasteiger partial charge in [-0.2, -0.15) is 0 Å². The van der Waals surface area contributed by atoms with Crippen molar-refractivity contribution in [3.8, 4) is 0 Å². The molecule has 0 aliphatic heterocycles. The Morgan fingerprint density at radius 3 is 2.57 bits per heavy atom. The first kappa shape index (κ1) is 16.0. The van der Waals surface area contributed by atoms with Gasteiger partial charge < -0.3 is 5.32 Å². The number of benzene rings is 1. The molecule has 2 rings (SSSR count). The molecule has 1 aliphatic carbocycles. The topological polar surface area (TPSA) is 55.2 Å². The molecule has 0 spiro atoms. The fraction of sp³-hybridized carbons (Fsp3) is 0.647. The number of nitrogens with zero attached hydrogens (tertiary/aromatic N) is 1. The van der Waals surface area contributed by atoms with E-state index in [4.69, 9.17) is 0 Å². The first-order chi connectivity index (χ1) is 10.1. The van der Waals surface area contributed by atoms with Crippen molar-refractivity contribution < 1.29 is 4.92 Å². The van der Waals surface area contributed by atoms with E-state index in [2.05, 4.69) is 19.2 Å². The van der Waals surface area contributed by atoms with Crippen molar-refractivity contribution >= 4 is 5.69 Å². The van der Waals surface area contributed by atoms with Crippen LogP contribution in [-0.4, -0.2) is 11.5 Å². The third-order valence-corrected chi connectivity index (χ3v) is 4.84. The minimum Gasteiger partial charge on any atom is -0.310 e. The SMILES string of the molecule is CCC1CCC(CNC(C)c2cccc([N+](=O)[O-])c2)CC1. The largest absolute Gasteiger partial charge is 0.310 e. The molecule has 1 aliphatic rings. The average molecular weight is 290 g/mol. The van der Waals surface area contributed by atoms with Gasteiger partial charge in [0.2, 0.25) is 0 Å². The highest BCUT2D eigenvalue weighted by molar-refractivity contribution is 5.35. The molecule has 0 amide bonds. The van der Waals surface area contributed by atoms with Crippen molar-refractivity contribution in [2.24, 2.45) is 11.8 Å². The third-order valence-electron chi connectivity index (χ3n) is 4.84. The lowest BCUT2D eigenvalue weighted by Gasteiger charge is -2.29. The quantitative estimate of drug-likeness (QED) is 0.621. The molecule has 1 atom stereocenters. The van der Waals surface area contributed by atoms with Gasteiger partial charge in [-0.05, 0) is 43.7 Å². The second-order valence-corrected chi connectivity index (χ2v) is 6.28. The molecular weight excluding hydrogens is 264 g/mol. The van der Waals surface area contributed by atoms with Crippen molar-refractivity contribution in [2.45, 2.75) is 52.0 Å². The summed E-state index contributed by atoms with van der Waals surface area (Å²) < 4.78 is 0. The molecular formula is C17H26N2O2. The van der Waals surface area contributed by atoms with Crippen LogP contribution in [0.3, 0.4) is 0 Å². The number of nitro benzene ring substituents is 1. The van der Waals surface area contributed by atoms with E-state index in [1.807, 2.05) is 6.07 Å². The molecule has 1 fully saturated rings. The molecule has 21 heavy (non-hydrogen) atoms. The minimum absolute atomic E-state index is 0.161. The molecule has 0 radical (unpaired) electrons. The normalized spacial score (nSPS) is 23.7. The van der Waals surface area contributed by atoms with Crippen LogP contribution in [0.15, 0.2) is 24.3 Å². The van der Waals surface area contributed by atoms with Gasteiger partial charge >= 0.3 is 0 Å². The van der Waals surface area contributed by atoms with E-state index in [9.17, 15) is 10.1 Å². The highest BCUT2D eigenvalue weighted by Crippen LogP contribution is 2.30. The van der Waals surface area contributed by atoms with E-state index in [1.54, 1.807) is 18.2 Å². The van der Waals surface area contributed by atoms with E-state index in [-0.39, 0.29) is 16.7 Å². The Morgan fingerprint density at radius 2 is 1.95 bits per heavy atom. The Balaban J connectivity index is 1.83. The summed E-state index contributed by atoms with van der Waals surface area (Å²) >= 11 is 0. The maximum Gasteiger partial charge on any atom is 0.269 e. The predicted octanol–water partition coefficient (Wildman–Crippen LogP) is 4.46. The van der Waals surface area contributed by atoms with E-state index in [0.717, 1.165) is 23.9 Å². The van der Waals surface area contributed by atoms with Crippen LogP contribution in [0.5, 0.6) is 0 Å². The average Bonchev–Trinajstić information content (AvgIpc) is 2.53. The number of hydrogen-bond donors (Lipinski definition) is 1. The molecule has 1 aromatic carbocycles. The van der Waals surface area contributed by atoms with Gasteiger partial charge in [-0.1, -0.05) is 38.3 Å². The first-order valence-electron chi connectivity index (χ1n) is 8.07. The number of nitro groups is 1. The molecule has 0 aromatic heterocycles. The zero-order valence-electron chi connectivity index (χ0n) is 13.0. The summed E-state index contributed by atoms with van der Waals surface area (Å²) in [6.07, 6.45) is 6.65. The maximum atomic E-state index is 10.8. The Labute approximate surface area is 127 Å². The lowest BCUT2D eigenvalue weighted by molar-refractivity contribution is -0.384. The van der Waals surface area contributed by atoms with Crippen LogP contribution in [0.1, 0.15) is 57.6 Å². The summed E-state index contributed by atoms with van der Waals surface area (Å²) in [7, 11) is 0. The second-order valence-electron chi connectivity index (χ2n) is 6.28. The van der Waals surface area contributed by atoms with Gasteiger partial charge in [0.05, 0.1) is 4.92 Å². The summed E-state index contributed by atoms with van der Waals surface area (Å²) in [6.45, 7) is 5.38. The van der Waals surface area contributed by atoms with Crippen molar-refractivity contribution in [1.82, 2.24) is 5.32 Å². The number of hydrogen-bond acceptors (Lipinski definition) is 3. The van der Waals surface area contributed by atoms with Crippen LogP contribution >= 0.6 is 0 Å². The van der Waals surface area contributed by atoms with E-state index in [1.165, 1.54) is 32.1 Å². The molecule has 0 saturated heterocycles. The molecule has 4 heteroatoms. The summed E-state index contributed by atoms with van der Waals surface area (Å²) in [5.74, 6) is 1.68. The zero-order chi connectivity index (χ0) is 15.2. The highest BCUT2D eigenvalue weighted by Gasteiger charge is 2.20. The second kappa shape index (κ2) is 7.55. The molecule has 116 valence electrons. The summed E-state index contributed by atoms with van der Waals surface area (Å²) in [5.41, 5.74) is 1.16. The van der Waals surface area contributed by atoms with Crippen LogP contribution in [0.2, 0.25) is 0 Å². The van der Waals surface area contributed by atoms with Gasteiger partial charge in [-0.25, -0.2) is 0 Å². The zero-order valence-corrected chi connectivity index (χ0v) is 13.0. The Bertz CT molecular complexity index is 468. The molecule has 0 bridgehead atoms. The van der Waals surface area contributed by atoms with Gasteiger partial charge in [-0.3, -0.25) is 10.1 Å². The van der Waals surface area contributed by atoms with Crippen LogP contribution in [-0.2, 0) is 0 Å². The van der Waals surface area contributed by atoms with Gasteiger partial charge in [0.25, 0.3) is 5.69 Å². The summed E-state index contributed by atoms with van der Waals surface area (Å²) in [6, 6.07) is 7.10. The van der Waals surface area contributed by atoms with E-state index in [0.29, 0.717) is 0 Å². The fourth-order valence-corrected chi connectivity index (χ4v) is 3.21. The fourth-order valence-electron chi connectivity index (χ4n) is 3.21. The van der Waals surface area contributed by atoms with Crippen LogP contribution < -0.4 is 5.32 Å². The molecule has 0 heterocycles. The highest BCUT2D eigenvalue weighted by atomic mass is 16.6. The first-order valence-corrected chi connectivity index (χ1v) is 8.07. The molecule has 4 nitrogen and oxygen atoms in total. The molecule has 1 N–H and O–H groups in total. The number of rotatable bonds is 6. The van der Waals surface area contributed by atoms with Gasteiger partial charge in [0, 0.05) is 18.2 Å². The van der Waals surface area contributed by atoms with E-state index < -0.39 is 0 Å². The molecule has 1 aromatic rings. The standard InChI is InChI=1S/C17H26N2O2/c1-3-14-7-9-15(10-8-14)12-18-13(2)16-5-4-6-17(11-16)19(20)21/h4-6,11,13-15,18H,3,7-10,12H2,1-2H3. The van der Waals surface area contributed by atoms with Crippen molar-refractivity contribution in [3.63, 3.8) is 0 Å².